The molecule has 0 atom stereocenters. The van der Waals surface area contributed by atoms with Gasteiger partial charge in [0.15, 0.2) is 0 Å². The van der Waals surface area contributed by atoms with Crippen LogP contribution in [0.1, 0.15) is 0 Å². The number of pyridine rings is 3. The Bertz CT molecular complexity index is 1030. The molecule has 4 aromatic heterocycles. The van der Waals surface area contributed by atoms with Crippen LogP contribution in [0.15, 0.2) is 53.5 Å². The van der Waals surface area contributed by atoms with E-state index in [1.54, 1.807) is 24.8 Å². The van der Waals surface area contributed by atoms with Gasteiger partial charge in [0.25, 0.3) is 0 Å². The number of fused-ring (bicyclic) bond motifs is 3. The van der Waals surface area contributed by atoms with Gasteiger partial charge in [0.1, 0.15) is 11.9 Å². The molecule has 6 heteroatoms. The highest BCUT2D eigenvalue weighted by Gasteiger charge is 2.13. The minimum absolute atomic E-state index is 0.253. The zero-order chi connectivity index (χ0) is 15.8. The summed E-state index contributed by atoms with van der Waals surface area (Å²) in [5, 5.41) is 2.01. The van der Waals surface area contributed by atoms with Crippen molar-refractivity contribution in [2.75, 3.05) is 0 Å². The Morgan fingerprint density at radius 3 is 2.83 bits per heavy atom. The van der Waals surface area contributed by atoms with Crippen LogP contribution in [0.2, 0.25) is 0 Å². The van der Waals surface area contributed by atoms with Crippen molar-refractivity contribution >= 4 is 44.2 Å². The predicted molar refractivity (Wildman–Crippen MR) is 92.0 cm³/mol. The molecule has 0 unspecified atom stereocenters. The van der Waals surface area contributed by atoms with Crippen molar-refractivity contribution in [2.24, 2.45) is 0 Å². The van der Waals surface area contributed by atoms with Crippen LogP contribution in [-0.2, 0) is 11.3 Å². The lowest BCUT2D eigenvalue weighted by atomic mass is 10.1. The van der Waals surface area contributed by atoms with Crippen LogP contribution in [0.5, 0.6) is 0 Å². The van der Waals surface area contributed by atoms with Gasteiger partial charge in [0, 0.05) is 39.4 Å². The predicted octanol–water partition coefficient (Wildman–Crippen LogP) is 3.61. The summed E-state index contributed by atoms with van der Waals surface area (Å²) in [5.41, 5.74) is 3.47. The molecule has 4 heterocycles. The average Bonchev–Trinajstić information content (AvgIpc) is 2.89. The van der Waals surface area contributed by atoms with Crippen LogP contribution in [0, 0.1) is 0 Å². The molecule has 0 amide bonds. The van der Waals surface area contributed by atoms with E-state index in [0.717, 1.165) is 44.0 Å². The Kier molecular flexibility index (Phi) is 3.38. The molecule has 0 N–H and O–H groups in total. The highest BCUT2D eigenvalue weighted by atomic mass is 79.9. The molecule has 0 aliphatic heterocycles. The topological polar surface area (TPSA) is 60.7 Å². The van der Waals surface area contributed by atoms with E-state index in [1.807, 2.05) is 28.8 Å². The maximum atomic E-state index is 11.0. The number of hydrogen-bond acceptors (Lipinski definition) is 4. The smallest absolute Gasteiger partial charge is 0.141 e. The first-order chi connectivity index (χ1) is 11.3. The van der Waals surface area contributed by atoms with E-state index < -0.39 is 0 Å². The second-order valence-electron chi connectivity index (χ2n) is 5.13. The Morgan fingerprint density at radius 2 is 2.04 bits per heavy atom. The maximum Gasteiger partial charge on any atom is 0.141 e. The van der Waals surface area contributed by atoms with E-state index in [0.29, 0.717) is 0 Å². The SMILES string of the molecule is O=CCn1c2cnc(-c3cccnc3)cc2c2cc(Br)cnc21. The van der Waals surface area contributed by atoms with E-state index in [9.17, 15) is 4.79 Å². The molecular weight excluding hydrogens is 356 g/mol. The third kappa shape index (κ3) is 2.31. The number of carbonyl (C=O) groups excluding carboxylic acids is 1. The van der Waals surface area contributed by atoms with E-state index in [1.165, 1.54) is 0 Å². The number of rotatable bonds is 3. The fraction of sp³-hybridized carbons (Fsp3) is 0.0588. The van der Waals surface area contributed by atoms with Gasteiger partial charge in [-0.2, -0.15) is 0 Å². The molecular formula is C17H11BrN4O. The van der Waals surface area contributed by atoms with Crippen LogP contribution < -0.4 is 0 Å². The fourth-order valence-corrected chi connectivity index (χ4v) is 3.10. The fourth-order valence-electron chi connectivity index (χ4n) is 2.77. The van der Waals surface area contributed by atoms with Crippen LogP contribution in [0.25, 0.3) is 33.2 Å². The molecule has 0 aliphatic rings. The molecule has 0 spiro atoms. The van der Waals surface area contributed by atoms with Gasteiger partial charge in [-0.3, -0.25) is 9.97 Å². The van der Waals surface area contributed by atoms with E-state index in [4.69, 9.17) is 0 Å². The number of aromatic nitrogens is 4. The number of carbonyl (C=O) groups is 1. The van der Waals surface area contributed by atoms with Gasteiger partial charge in [-0.15, -0.1) is 0 Å². The quantitative estimate of drug-likeness (QED) is 0.519. The maximum absolute atomic E-state index is 11.0. The van der Waals surface area contributed by atoms with Gasteiger partial charge in [-0.25, -0.2) is 4.98 Å². The molecule has 0 saturated carbocycles. The third-order valence-electron chi connectivity index (χ3n) is 3.77. The first-order valence-corrected chi connectivity index (χ1v) is 7.85. The summed E-state index contributed by atoms with van der Waals surface area (Å²) >= 11 is 3.46. The second kappa shape index (κ2) is 5.55. The van der Waals surface area contributed by atoms with E-state index >= 15 is 0 Å². The number of halogens is 1. The number of hydrogen-bond donors (Lipinski definition) is 0. The van der Waals surface area contributed by atoms with E-state index in [2.05, 4.69) is 30.9 Å². The normalized spacial score (nSPS) is 11.2. The van der Waals surface area contributed by atoms with Crippen LogP contribution in [0.3, 0.4) is 0 Å². The summed E-state index contributed by atoms with van der Waals surface area (Å²) in [6.45, 7) is 0.253. The Morgan fingerprint density at radius 1 is 1.13 bits per heavy atom. The Labute approximate surface area is 140 Å². The van der Waals surface area contributed by atoms with Crippen molar-refractivity contribution in [3.05, 3.63) is 53.5 Å². The highest BCUT2D eigenvalue weighted by molar-refractivity contribution is 9.10. The lowest BCUT2D eigenvalue weighted by molar-refractivity contribution is -0.108. The lowest BCUT2D eigenvalue weighted by Gasteiger charge is -2.02. The summed E-state index contributed by atoms with van der Waals surface area (Å²) in [5.74, 6) is 0. The summed E-state index contributed by atoms with van der Waals surface area (Å²) in [6, 6.07) is 7.89. The molecule has 112 valence electrons. The average molecular weight is 367 g/mol. The van der Waals surface area contributed by atoms with Gasteiger partial charge in [-0.05, 0) is 40.2 Å². The summed E-state index contributed by atoms with van der Waals surface area (Å²) in [7, 11) is 0. The van der Waals surface area contributed by atoms with Crippen molar-refractivity contribution < 1.29 is 4.79 Å². The molecule has 5 nitrogen and oxygen atoms in total. The standard InChI is InChI=1S/C17H11BrN4O/c18-12-6-14-13-7-15(11-2-1-3-19-8-11)20-10-16(13)22(4-5-23)17(14)21-9-12/h1-3,5-10H,4H2. The molecule has 4 rings (SSSR count). The molecule has 0 saturated heterocycles. The van der Waals surface area contributed by atoms with Gasteiger partial charge in [0.2, 0.25) is 0 Å². The number of aldehydes is 1. The van der Waals surface area contributed by atoms with E-state index in [-0.39, 0.29) is 6.54 Å². The third-order valence-corrected chi connectivity index (χ3v) is 4.20. The summed E-state index contributed by atoms with van der Waals surface area (Å²) < 4.78 is 2.78. The van der Waals surface area contributed by atoms with Crippen molar-refractivity contribution in [3.63, 3.8) is 0 Å². The molecule has 23 heavy (non-hydrogen) atoms. The Balaban J connectivity index is 2.06. The van der Waals surface area contributed by atoms with Crippen molar-refractivity contribution in [2.45, 2.75) is 6.54 Å². The van der Waals surface area contributed by atoms with Crippen molar-refractivity contribution in [3.8, 4) is 11.3 Å². The van der Waals surface area contributed by atoms with Gasteiger partial charge >= 0.3 is 0 Å². The second-order valence-corrected chi connectivity index (χ2v) is 6.05. The van der Waals surface area contributed by atoms with Gasteiger partial charge in [-0.1, -0.05) is 0 Å². The van der Waals surface area contributed by atoms with Crippen LogP contribution >= 0.6 is 15.9 Å². The first-order valence-electron chi connectivity index (χ1n) is 7.05. The first kappa shape index (κ1) is 14.0. The molecule has 4 aromatic rings. The van der Waals surface area contributed by atoms with Crippen LogP contribution in [0.4, 0.5) is 0 Å². The zero-order valence-corrected chi connectivity index (χ0v) is 13.6. The molecule has 0 aromatic carbocycles. The molecule has 0 fully saturated rings. The van der Waals surface area contributed by atoms with Gasteiger partial charge < -0.3 is 9.36 Å². The summed E-state index contributed by atoms with van der Waals surface area (Å²) in [4.78, 5) is 24.1. The van der Waals surface area contributed by atoms with Crippen LogP contribution in [-0.4, -0.2) is 25.8 Å². The Hall–Kier alpha value is -2.60. The molecule has 0 bridgehead atoms. The summed E-state index contributed by atoms with van der Waals surface area (Å²) in [6.07, 6.45) is 7.91. The minimum atomic E-state index is 0.253. The number of nitrogens with zero attached hydrogens (tertiary/aromatic N) is 4. The minimum Gasteiger partial charge on any atom is -0.317 e. The largest absolute Gasteiger partial charge is 0.317 e. The zero-order valence-electron chi connectivity index (χ0n) is 12.0. The van der Waals surface area contributed by atoms with Crippen molar-refractivity contribution in [1.29, 1.82) is 0 Å². The lowest BCUT2D eigenvalue weighted by Crippen LogP contribution is -1.99. The molecule has 0 radical (unpaired) electrons. The van der Waals surface area contributed by atoms with Crippen molar-refractivity contribution in [1.82, 2.24) is 19.5 Å². The highest BCUT2D eigenvalue weighted by Crippen LogP contribution is 2.31. The monoisotopic (exact) mass is 366 g/mol. The van der Waals surface area contributed by atoms with Gasteiger partial charge in [0.05, 0.1) is 24.0 Å². The molecule has 0 aliphatic carbocycles.